The number of aryl methyl sites for hydroxylation is 1. The third-order valence-corrected chi connectivity index (χ3v) is 6.02. The lowest BCUT2D eigenvalue weighted by atomic mass is 10.2. The molecule has 3 rings (SSSR count). The topological polar surface area (TPSA) is 57.2 Å². The molecule has 0 aromatic heterocycles. The van der Waals surface area contributed by atoms with Gasteiger partial charge < -0.3 is 18.9 Å². The van der Waals surface area contributed by atoms with E-state index in [0.29, 0.717) is 53.7 Å². The summed E-state index contributed by atoms with van der Waals surface area (Å²) in [5.74, 6) is 1.90. The number of amides is 1. The van der Waals surface area contributed by atoms with E-state index in [-0.39, 0.29) is 5.91 Å². The van der Waals surface area contributed by atoms with Crippen LogP contribution < -0.4 is 14.2 Å². The van der Waals surface area contributed by atoms with Crippen LogP contribution in [0.2, 0.25) is 0 Å². The highest BCUT2D eigenvalue weighted by atomic mass is 32.2. The van der Waals surface area contributed by atoms with Crippen LogP contribution in [0.15, 0.2) is 60.0 Å². The van der Waals surface area contributed by atoms with Gasteiger partial charge in [-0.3, -0.25) is 9.69 Å². The number of thioether (sulfide) groups is 1. The van der Waals surface area contributed by atoms with E-state index in [1.54, 1.807) is 19.3 Å². The molecule has 0 unspecified atom stereocenters. The lowest BCUT2D eigenvalue weighted by molar-refractivity contribution is -0.121. The molecule has 0 N–H and O–H groups in total. The number of carbonyl (C=O) groups excluding carboxylic acids is 1. The van der Waals surface area contributed by atoms with E-state index >= 15 is 0 Å². The Balaban J connectivity index is 1.46. The van der Waals surface area contributed by atoms with Crippen LogP contribution in [-0.4, -0.2) is 55.2 Å². The van der Waals surface area contributed by atoms with Gasteiger partial charge in [0.1, 0.15) is 23.3 Å². The quantitative estimate of drug-likeness (QED) is 0.184. The average Bonchev–Trinajstić information content (AvgIpc) is 3.06. The molecule has 1 heterocycles. The van der Waals surface area contributed by atoms with Gasteiger partial charge in [-0.2, -0.15) is 0 Å². The number of hydrogen-bond donors (Lipinski definition) is 0. The Labute approximate surface area is 204 Å². The number of rotatable bonds is 12. The van der Waals surface area contributed by atoms with Crippen molar-refractivity contribution in [3.05, 3.63) is 71.2 Å². The zero-order valence-electron chi connectivity index (χ0n) is 18.7. The standard InChI is InChI=1S/C25H27NO5S2/c1-4-10-26-24(27)23(33-25(26)32)17-19-8-9-21(22(16-19)28-3)31-14-12-29-11-13-30-20-7-5-6-18(2)15-20/h4-9,15-17H,1,10-14H2,2-3H3. The van der Waals surface area contributed by atoms with Gasteiger partial charge >= 0.3 is 0 Å². The van der Waals surface area contributed by atoms with Gasteiger partial charge in [-0.1, -0.05) is 48.3 Å². The zero-order valence-corrected chi connectivity index (χ0v) is 20.4. The largest absolute Gasteiger partial charge is 0.493 e. The maximum Gasteiger partial charge on any atom is 0.266 e. The molecule has 1 aliphatic heterocycles. The van der Waals surface area contributed by atoms with Crippen LogP contribution >= 0.6 is 24.0 Å². The fraction of sp³-hybridized carbons (Fsp3) is 0.280. The molecule has 0 atom stereocenters. The second-order valence-electron chi connectivity index (χ2n) is 7.12. The van der Waals surface area contributed by atoms with Crippen LogP contribution in [0.1, 0.15) is 11.1 Å². The number of ether oxygens (including phenoxy) is 4. The monoisotopic (exact) mass is 485 g/mol. The minimum atomic E-state index is -0.118. The highest BCUT2D eigenvalue weighted by molar-refractivity contribution is 8.26. The Hall–Kier alpha value is -2.81. The van der Waals surface area contributed by atoms with Gasteiger partial charge in [-0.15, -0.1) is 6.58 Å². The lowest BCUT2D eigenvalue weighted by Crippen LogP contribution is -2.27. The van der Waals surface area contributed by atoms with Crippen molar-refractivity contribution in [2.75, 3.05) is 40.1 Å². The molecule has 174 valence electrons. The summed E-state index contributed by atoms with van der Waals surface area (Å²) in [5, 5.41) is 0. The van der Waals surface area contributed by atoms with Gasteiger partial charge in [0.2, 0.25) is 0 Å². The van der Waals surface area contributed by atoms with Crippen LogP contribution in [0.4, 0.5) is 0 Å². The van der Waals surface area contributed by atoms with Gasteiger partial charge in [0.25, 0.3) is 5.91 Å². The number of nitrogens with zero attached hydrogens (tertiary/aromatic N) is 1. The molecule has 0 saturated carbocycles. The summed E-state index contributed by atoms with van der Waals surface area (Å²) >= 11 is 6.56. The maximum atomic E-state index is 12.5. The molecular formula is C25H27NO5S2. The van der Waals surface area contributed by atoms with Crippen molar-refractivity contribution < 1.29 is 23.7 Å². The summed E-state index contributed by atoms with van der Waals surface area (Å²) in [5.41, 5.74) is 1.98. The summed E-state index contributed by atoms with van der Waals surface area (Å²) < 4.78 is 23.0. The van der Waals surface area contributed by atoms with E-state index in [9.17, 15) is 4.79 Å². The van der Waals surface area contributed by atoms with Crippen molar-refractivity contribution in [1.29, 1.82) is 0 Å². The van der Waals surface area contributed by atoms with Crippen molar-refractivity contribution in [2.24, 2.45) is 0 Å². The number of benzene rings is 2. The van der Waals surface area contributed by atoms with E-state index in [1.165, 1.54) is 16.7 Å². The average molecular weight is 486 g/mol. The molecule has 6 nitrogen and oxygen atoms in total. The predicted octanol–water partition coefficient (Wildman–Crippen LogP) is 4.87. The fourth-order valence-electron chi connectivity index (χ4n) is 3.07. The van der Waals surface area contributed by atoms with E-state index in [1.807, 2.05) is 49.4 Å². The van der Waals surface area contributed by atoms with Gasteiger partial charge in [0.05, 0.1) is 25.2 Å². The molecule has 33 heavy (non-hydrogen) atoms. The first-order chi connectivity index (χ1) is 16.0. The Bertz CT molecular complexity index is 1040. The molecule has 1 saturated heterocycles. The number of carbonyl (C=O) groups is 1. The van der Waals surface area contributed by atoms with Crippen LogP contribution in [0.5, 0.6) is 17.2 Å². The van der Waals surface area contributed by atoms with Crippen LogP contribution in [0.3, 0.4) is 0 Å². The van der Waals surface area contributed by atoms with E-state index in [2.05, 4.69) is 6.58 Å². The van der Waals surface area contributed by atoms with Gasteiger partial charge in [-0.25, -0.2) is 0 Å². The minimum Gasteiger partial charge on any atom is -0.493 e. The number of methoxy groups -OCH3 is 1. The summed E-state index contributed by atoms with van der Waals surface area (Å²) in [7, 11) is 1.58. The molecule has 1 aliphatic rings. The van der Waals surface area contributed by atoms with Crippen molar-refractivity contribution in [3.63, 3.8) is 0 Å². The third kappa shape index (κ3) is 7.08. The molecule has 0 radical (unpaired) electrons. The van der Waals surface area contributed by atoms with Gasteiger partial charge in [0.15, 0.2) is 11.5 Å². The summed E-state index contributed by atoms with van der Waals surface area (Å²) in [6, 6.07) is 13.4. The smallest absolute Gasteiger partial charge is 0.266 e. The predicted molar refractivity (Wildman–Crippen MR) is 136 cm³/mol. The maximum absolute atomic E-state index is 12.5. The van der Waals surface area contributed by atoms with E-state index in [4.69, 9.17) is 31.2 Å². The molecule has 8 heteroatoms. The Morgan fingerprint density at radius 2 is 1.85 bits per heavy atom. The molecule has 0 bridgehead atoms. The summed E-state index contributed by atoms with van der Waals surface area (Å²) in [6.45, 7) is 7.84. The normalized spacial score (nSPS) is 14.6. The highest BCUT2D eigenvalue weighted by Gasteiger charge is 2.31. The Kier molecular flexibility index (Phi) is 9.35. The Morgan fingerprint density at radius 1 is 1.06 bits per heavy atom. The molecule has 1 amide bonds. The van der Waals surface area contributed by atoms with E-state index in [0.717, 1.165) is 16.9 Å². The zero-order chi connectivity index (χ0) is 23.6. The van der Waals surface area contributed by atoms with Crippen molar-refractivity contribution in [2.45, 2.75) is 6.92 Å². The first kappa shape index (κ1) is 24.8. The molecule has 2 aromatic rings. The molecule has 2 aromatic carbocycles. The molecule has 0 aliphatic carbocycles. The second kappa shape index (κ2) is 12.4. The molecular weight excluding hydrogens is 458 g/mol. The van der Waals surface area contributed by atoms with E-state index < -0.39 is 0 Å². The Morgan fingerprint density at radius 3 is 2.58 bits per heavy atom. The van der Waals surface area contributed by atoms with Crippen LogP contribution in [0, 0.1) is 6.92 Å². The number of hydrogen-bond acceptors (Lipinski definition) is 7. The van der Waals surface area contributed by atoms with Crippen molar-refractivity contribution >= 4 is 40.3 Å². The first-order valence-corrected chi connectivity index (χ1v) is 11.7. The highest BCUT2D eigenvalue weighted by Crippen LogP contribution is 2.34. The van der Waals surface area contributed by atoms with Crippen molar-refractivity contribution in [3.8, 4) is 17.2 Å². The summed E-state index contributed by atoms with van der Waals surface area (Å²) in [4.78, 5) is 14.6. The minimum absolute atomic E-state index is 0.118. The molecule has 1 fully saturated rings. The van der Waals surface area contributed by atoms with Crippen molar-refractivity contribution in [1.82, 2.24) is 4.90 Å². The van der Waals surface area contributed by atoms with Gasteiger partial charge in [0, 0.05) is 6.54 Å². The first-order valence-electron chi connectivity index (χ1n) is 10.5. The van der Waals surface area contributed by atoms with Gasteiger partial charge in [-0.05, 0) is 48.4 Å². The lowest BCUT2D eigenvalue weighted by Gasteiger charge is -2.12. The van der Waals surface area contributed by atoms with Crippen LogP contribution in [0.25, 0.3) is 6.08 Å². The molecule has 0 spiro atoms. The summed E-state index contributed by atoms with van der Waals surface area (Å²) in [6.07, 6.45) is 3.45. The second-order valence-corrected chi connectivity index (χ2v) is 8.79. The van der Waals surface area contributed by atoms with Crippen LogP contribution in [-0.2, 0) is 9.53 Å². The number of thiocarbonyl (C=S) groups is 1. The SMILES string of the molecule is C=CCN1C(=O)C(=Cc2ccc(OCCOCCOc3cccc(C)c3)c(OC)c2)SC1=S. The third-order valence-electron chi connectivity index (χ3n) is 4.64. The fourth-order valence-corrected chi connectivity index (χ4v) is 4.34.